The molecule has 4 aromatic rings. The average molecular weight is 569 g/mol. The van der Waals surface area contributed by atoms with Gasteiger partial charge in [0, 0.05) is 11.1 Å². The van der Waals surface area contributed by atoms with Gasteiger partial charge in [0.25, 0.3) is 0 Å². The van der Waals surface area contributed by atoms with E-state index in [-0.39, 0.29) is 35.2 Å². The van der Waals surface area contributed by atoms with E-state index in [1.807, 2.05) is 42.5 Å². The van der Waals surface area contributed by atoms with Gasteiger partial charge in [-0.2, -0.15) is 0 Å². The van der Waals surface area contributed by atoms with Gasteiger partial charge in [0.1, 0.15) is 5.75 Å². The molecule has 0 heterocycles. The summed E-state index contributed by atoms with van der Waals surface area (Å²) < 4.78 is 17.2. The van der Waals surface area contributed by atoms with E-state index in [4.69, 9.17) is 14.2 Å². The number of fused-ring (bicyclic) bond motifs is 1. The molecule has 0 amide bonds. The van der Waals surface area contributed by atoms with E-state index in [1.165, 1.54) is 13.2 Å². The number of halogens is 1. The summed E-state index contributed by atoms with van der Waals surface area (Å²) in [5.74, 6) is -0.293. The van der Waals surface area contributed by atoms with Gasteiger partial charge in [0.05, 0.1) is 17.2 Å². The molecule has 0 radical (unpaired) electrons. The number of carbonyl (C=O) groups excluding carboxylic acids is 3. The van der Waals surface area contributed by atoms with Gasteiger partial charge in [0.2, 0.25) is 0 Å². The van der Waals surface area contributed by atoms with Crippen molar-refractivity contribution in [2.45, 2.75) is 0 Å². The van der Waals surface area contributed by atoms with Gasteiger partial charge in [-0.15, -0.1) is 0 Å². The van der Waals surface area contributed by atoms with Crippen molar-refractivity contribution in [3.05, 3.63) is 118 Å². The molecule has 5 rings (SSSR count). The Kier molecular flexibility index (Phi) is 7.20. The minimum Gasteiger partial charge on any atom is -0.493 e. The van der Waals surface area contributed by atoms with Crippen LogP contribution in [0.5, 0.6) is 17.2 Å². The standard InChI is InChI=1S/C31H21BrO6/c1-36-28-16-19(15-24-30(34)22-9-5-6-10-23(22)31(24)35)11-13-27(28)38-29(33)18-37-26-14-12-21(17-25(26)32)20-7-3-2-4-8-20/h2-17H,18H2,1H3. The largest absolute Gasteiger partial charge is 0.493 e. The number of methoxy groups -OCH3 is 1. The lowest BCUT2D eigenvalue weighted by Crippen LogP contribution is -2.18. The normalized spacial score (nSPS) is 12.2. The van der Waals surface area contributed by atoms with Gasteiger partial charge in [-0.1, -0.05) is 66.7 Å². The van der Waals surface area contributed by atoms with Crippen LogP contribution in [0.15, 0.2) is 101 Å². The molecule has 0 unspecified atom stereocenters. The number of hydrogen-bond donors (Lipinski definition) is 0. The first kappa shape index (κ1) is 25.2. The molecule has 0 bridgehead atoms. The van der Waals surface area contributed by atoms with Crippen LogP contribution in [0.4, 0.5) is 0 Å². The zero-order valence-electron chi connectivity index (χ0n) is 20.3. The van der Waals surface area contributed by atoms with Crippen LogP contribution in [0.2, 0.25) is 0 Å². The molecule has 0 aliphatic heterocycles. The molecule has 0 atom stereocenters. The second kappa shape index (κ2) is 10.9. The highest BCUT2D eigenvalue weighted by molar-refractivity contribution is 9.10. The van der Waals surface area contributed by atoms with Crippen molar-refractivity contribution < 1.29 is 28.6 Å². The Morgan fingerprint density at radius 3 is 2.08 bits per heavy atom. The zero-order chi connectivity index (χ0) is 26.6. The van der Waals surface area contributed by atoms with E-state index in [1.54, 1.807) is 48.5 Å². The monoisotopic (exact) mass is 568 g/mol. The van der Waals surface area contributed by atoms with Crippen molar-refractivity contribution in [3.63, 3.8) is 0 Å². The lowest BCUT2D eigenvalue weighted by atomic mass is 10.1. The van der Waals surface area contributed by atoms with Crippen LogP contribution in [0.1, 0.15) is 26.3 Å². The third-order valence-corrected chi connectivity index (χ3v) is 6.63. The minimum absolute atomic E-state index is 0.0789. The van der Waals surface area contributed by atoms with Gasteiger partial charge in [-0.05, 0) is 63.0 Å². The number of rotatable bonds is 7. The predicted octanol–water partition coefficient (Wildman–Crippen LogP) is 6.57. The number of Topliss-reactive ketones (excluding diaryl/α,β-unsaturated/α-hetero) is 2. The molecule has 0 aromatic heterocycles. The summed E-state index contributed by atoms with van der Waals surface area (Å²) in [6, 6.07) is 27.0. The van der Waals surface area contributed by atoms with Gasteiger partial charge >= 0.3 is 5.97 Å². The number of carbonyl (C=O) groups is 3. The summed E-state index contributed by atoms with van der Waals surface area (Å²) in [6.45, 7) is -0.320. The van der Waals surface area contributed by atoms with Crippen molar-refractivity contribution in [2.75, 3.05) is 13.7 Å². The number of benzene rings is 4. The fourth-order valence-electron chi connectivity index (χ4n) is 4.15. The van der Waals surface area contributed by atoms with Gasteiger partial charge < -0.3 is 14.2 Å². The van der Waals surface area contributed by atoms with E-state index in [0.29, 0.717) is 26.9 Å². The quantitative estimate of drug-likeness (QED) is 0.108. The number of allylic oxidation sites excluding steroid dienone is 1. The Hall–Kier alpha value is -4.49. The first-order valence-electron chi connectivity index (χ1n) is 11.7. The first-order valence-corrected chi connectivity index (χ1v) is 12.5. The Morgan fingerprint density at radius 2 is 1.42 bits per heavy atom. The van der Waals surface area contributed by atoms with Gasteiger partial charge in [0.15, 0.2) is 29.7 Å². The lowest BCUT2D eigenvalue weighted by molar-refractivity contribution is -0.136. The maximum atomic E-state index is 12.7. The summed E-state index contributed by atoms with van der Waals surface area (Å²) in [4.78, 5) is 37.9. The molecule has 6 nitrogen and oxygen atoms in total. The van der Waals surface area contributed by atoms with Crippen LogP contribution in [-0.4, -0.2) is 31.3 Å². The summed E-state index contributed by atoms with van der Waals surface area (Å²) in [5.41, 5.74) is 3.50. The second-order valence-electron chi connectivity index (χ2n) is 8.45. The molecule has 0 saturated carbocycles. The molecule has 0 saturated heterocycles. The fourth-order valence-corrected chi connectivity index (χ4v) is 4.64. The Bertz CT molecular complexity index is 1550. The molecule has 0 spiro atoms. The SMILES string of the molecule is COc1cc(C=C2C(=O)c3ccccc3C2=O)ccc1OC(=O)COc1ccc(-c2ccccc2)cc1Br. The molecule has 188 valence electrons. The highest BCUT2D eigenvalue weighted by Crippen LogP contribution is 2.33. The van der Waals surface area contributed by atoms with Crippen molar-refractivity contribution >= 4 is 39.5 Å². The average Bonchev–Trinajstić information content (AvgIpc) is 3.18. The molecule has 7 heteroatoms. The van der Waals surface area contributed by atoms with Crippen LogP contribution in [0, 0.1) is 0 Å². The second-order valence-corrected chi connectivity index (χ2v) is 9.30. The van der Waals surface area contributed by atoms with Crippen LogP contribution in [-0.2, 0) is 4.79 Å². The Morgan fingerprint density at radius 1 is 0.763 bits per heavy atom. The fraction of sp³-hybridized carbons (Fsp3) is 0.0645. The summed E-state index contributed by atoms with van der Waals surface area (Å²) >= 11 is 3.50. The van der Waals surface area contributed by atoms with E-state index in [9.17, 15) is 14.4 Å². The molecular formula is C31H21BrO6. The third-order valence-electron chi connectivity index (χ3n) is 6.01. The summed E-state index contributed by atoms with van der Waals surface area (Å²) in [5, 5.41) is 0. The summed E-state index contributed by atoms with van der Waals surface area (Å²) in [7, 11) is 1.44. The Labute approximate surface area is 227 Å². The van der Waals surface area contributed by atoms with Crippen LogP contribution >= 0.6 is 15.9 Å². The molecular weight excluding hydrogens is 548 g/mol. The van der Waals surface area contributed by atoms with Gasteiger partial charge in [-0.3, -0.25) is 9.59 Å². The number of ether oxygens (including phenoxy) is 3. The van der Waals surface area contributed by atoms with E-state index >= 15 is 0 Å². The van der Waals surface area contributed by atoms with E-state index in [0.717, 1.165) is 11.1 Å². The third kappa shape index (κ3) is 5.14. The van der Waals surface area contributed by atoms with Crippen LogP contribution in [0.3, 0.4) is 0 Å². The molecule has 0 fully saturated rings. The van der Waals surface area contributed by atoms with Crippen molar-refractivity contribution in [1.82, 2.24) is 0 Å². The zero-order valence-corrected chi connectivity index (χ0v) is 21.9. The van der Waals surface area contributed by atoms with Crippen molar-refractivity contribution in [2.24, 2.45) is 0 Å². The van der Waals surface area contributed by atoms with Crippen molar-refractivity contribution in [1.29, 1.82) is 0 Å². The lowest BCUT2D eigenvalue weighted by Gasteiger charge is -2.12. The molecule has 4 aromatic carbocycles. The van der Waals surface area contributed by atoms with Crippen LogP contribution in [0.25, 0.3) is 17.2 Å². The molecule has 0 N–H and O–H groups in total. The molecule has 38 heavy (non-hydrogen) atoms. The van der Waals surface area contributed by atoms with E-state index < -0.39 is 5.97 Å². The molecule has 1 aliphatic carbocycles. The minimum atomic E-state index is -0.620. The highest BCUT2D eigenvalue weighted by Gasteiger charge is 2.32. The number of hydrogen-bond acceptors (Lipinski definition) is 6. The summed E-state index contributed by atoms with van der Waals surface area (Å²) in [6.07, 6.45) is 1.51. The van der Waals surface area contributed by atoms with Crippen molar-refractivity contribution in [3.8, 4) is 28.4 Å². The number of ketones is 2. The number of esters is 1. The first-order chi connectivity index (χ1) is 18.4. The maximum absolute atomic E-state index is 12.7. The maximum Gasteiger partial charge on any atom is 0.349 e. The molecule has 1 aliphatic rings. The van der Waals surface area contributed by atoms with Crippen LogP contribution < -0.4 is 14.2 Å². The topological polar surface area (TPSA) is 78.9 Å². The highest BCUT2D eigenvalue weighted by atomic mass is 79.9. The predicted molar refractivity (Wildman–Crippen MR) is 147 cm³/mol. The smallest absolute Gasteiger partial charge is 0.349 e. The van der Waals surface area contributed by atoms with E-state index in [2.05, 4.69) is 15.9 Å². The van der Waals surface area contributed by atoms with Gasteiger partial charge in [-0.25, -0.2) is 4.79 Å². The Balaban J connectivity index is 1.26.